The Kier molecular flexibility index (Phi) is 12.2. The zero-order chi connectivity index (χ0) is 49.7. The minimum atomic E-state index is 1.08. The lowest BCUT2D eigenvalue weighted by atomic mass is 9.92. The predicted octanol–water partition coefficient (Wildman–Crippen LogP) is 19.4. The summed E-state index contributed by atoms with van der Waals surface area (Å²) in [5.41, 5.74) is 17.6. The van der Waals surface area contributed by atoms with Crippen molar-refractivity contribution >= 4 is 112 Å². The van der Waals surface area contributed by atoms with E-state index in [1.54, 1.807) is 0 Å². The van der Waals surface area contributed by atoms with E-state index in [1.807, 2.05) is 0 Å². The zero-order valence-electron chi connectivity index (χ0n) is 40.4. The molecule has 350 valence electrons. The Hall–Kier alpha value is -7.71. The van der Waals surface area contributed by atoms with Gasteiger partial charge in [0.25, 0.3) is 0 Å². The summed E-state index contributed by atoms with van der Waals surface area (Å²) in [6.07, 6.45) is 0. The van der Waals surface area contributed by atoms with Crippen LogP contribution in [0.2, 0.25) is 0 Å². The second-order valence-electron chi connectivity index (χ2n) is 19.2. The van der Waals surface area contributed by atoms with Crippen molar-refractivity contribution in [3.8, 4) is 66.8 Å². The van der Waals surface area contributed by atoms with E-state index in [0.29, 0.717) is 0 Å². The Morgan fingerprint density at radius 1 is 0.243 bits per heavy atom. The van der Waals surface area contributed by atoms with Crippen LogP contribution in [0.25, 0.3) is 110 Å². The summed E-state index contributed by atoms with van der Waals surface area (Å²) < 4.78 is 1.20. The summed E-state index contributed by atoms with van der Waals surface area (Å²) in [4.78, 5) is 2.37. The van der Waals surface area contributed by atoms with Crippen molar-refractivity contribution in [2.24, 2.45) is 0 Å². The van der Waals surface area contributed by atoms with E-state index >= 15 is 0 Å². The van der Waals surface area contributed by atoms with E-state index in [0.717, 1.165) is 33.2 Å². The van der Waals surface area contributed by atoms with Crippen molar-refractivity contribution in [2.45, 2.75) is 0 Å². The SMILES string of the molecule is Pc1cc(-c2ccc(N(c3ccc(-c4cc(I)cc(-c5ccc6ccccc6c5)c4)cc3)c3ccc(-c4cc(P)cc(-c5cc6ccccc6c6ccccc56)c4)cc3)cc2)cc(-c2cccc3ccccc23)c1. The normalized spacial score (nSPS) is 11.4. The van der Waals surface area contributed by atoms with Gasteiger partial charge in [-0.05, 0) is 246 Å². The maximum atomic E-state index is 2.97. The number of hydrogen-bond acceptors (Lipinski definition) is 1. The van der Waals surface area contributed by atoms with E-state index in [-0.39, 0.29) is 0 Å². The Labute approximate surface area is 450 Å². The molecular weight excluding hydrogens is 1040 g/mol. The maximum Gasteiger partial charge on any atom is 0.0462 e. The molecule has 0 N–H and O–H groups in total. The molecule has 0 aliphatic heterocycles. The van der Waals surface area contributed by atoms with Crippen molar-refractivity contribution in [3.63, 3.8) is 0 Å². The van der Waals surface area contributed by atoms with E-state index in [1.165, 1.54) is 108 Å². The molecular formula is C70H48INP2. The molecule has 0 aliphatic carbocycles. The molecule has 0 bridgehead atoms. The third-order valence-corrected chi connectivity index (χ3v) is 15.7. The van der Waals surface area contributed by atoms with Crippen LogP contribution in [0, 0.1) is 3.57 Å². The highest BCUT2D eigenvalue weighted by Crippen LogP contribution is 2.41. The van der Waals surface area contributed by atoms with Crippen LogP contribution in [0.3, 0.4) is 0 Å². The molecule has 0 spiro atoms. The summed E-state index contributed by atoms with van der Waals surface area (Å²) in [6.45, 7) is 0. The largest absolute Gasteiger partial charge is 0.311 e. The topological polar surface area (TPSA) is 3.24 Å². The molecule has 13 aromatic rings. The highest BCUT2D eigenvalue weighted by molar-refractivity contribution is 14.1. The van der Waals surface area contributed by atoms with Crippen molar-refractivity contribution in [3.05, 3.63) is 270 Å². The van der Waals surface area contributed by atoms with Crippen LogP contribution in [0.5, 0.6) is 0 Å². The Balaban J connectivity index is 0.873. The summed E-state index contributed by atoms with van der Waals surface area (Å²) >= 11 is 2.46. The van der Waals surface area contributed by atoms with E-state index in [2.05, 4.69) is 313 Å². The molecule has 0 aliphatic rings. The summed E-state index contributed by atoms with van der Waals surface area (Å²) in [5, 5.41) is 12.4. The number of hydrogen-bond donors (Lipinski definition) is 0. The Morgan fingerprint density at radius 3 is 1.27 bits per heavy atom. The number of rotatable bonds is 9. The first-order valence-electron chi connectivity index (χ1n) is 25.0. The number of halogens is 1. The van der Waals surface area contributed by atoms with Crippen LogP contribution in [-0.2, 0) is 0 Å². The molecule has 0 amide bonds. The zero-order valence-corrected chi connectivity index (χ0v) is 44.9. The molecule has 13 rings (SSSR count). The quantitative estimate of drug-likeness (QED) is 0.0791. The molecule has 0 fully saturated rings. The minimum Gasteiger partial charge on any atom is -0.311 e. The van der Waals surface area contributed by atoms with Crippen LogP contribution in [0.1, 0.15) is 0 Å². The van der Waals surface area contributed by atoms with E-state index in [4.69, 9.17) is 0 Å². The van der Waals surface area contributed by atoms with Crippen molar-refractivity contribution < 1.29 is 0 Å². The fourth-order valence-electron chi connectivity index (χ4n) is 10.9. The van der Waals surface area contributed by atoms with Gasteiger partial charge < -0.3 is 4.90 Å². The molecule has 0 radical (unpaired) electrons. The van der Waals surface area contributed by atoms with Crippen LogP contribution in [-0.4, -0.2) is 0 Å². The smallest absolute Gasteiger partial charge is 0.0462 e. The van der Waals surface area contributed by atoms with Crippen LogP contribution < -0.4 is 15.5 Å². The number of benzene rings is 13. The molecule has 1 nitrogen and oxygen atoms in total. The molecule has 0 saturated carbocycles. The summed E-state index contributed by atoms with van der Waals surface area (Å²) in [6, 6.07) is 98.2. The van der Waals surface area contributed by atoms with Gasteiger partial charge in [-0.1, -0.05) is 164 Å². The monoisotopic (exact) mass is 1090 g/mol. The highest BCUT2D eigenvalue weighted by Gasteiger charge is 2.17. The lowest BCUT2D eigenvalue weighted by molar-refractivity contribution is 1.28. The average Bonchev–Trinajstić information content (AvgIpc) is 3.46. The standard InChI is InChI=1S/C70H48INP2/c71-59-38-53(35-54(39-59)51-21-20-45-10-1-2-12-50(45)34-51)46-22-28-60(29-23-46)72(61-30-24-47(25-31-61)55-36-57(42-63(73)40-55)67-19-9-14-49-11-3-5-15-65(49)67)62-32-26-48(27-33-62)56-37-58(43-64(74)41-56)70-44-52-13-4-6-16-66(52)68-17-7-8-18-69(68)70/h1-44H,73-74H2. The van der Waals surface area contributed by atoms with E-state index in [9.17, 15) is 0 Å². The highest BCUT2D eigenvalue weighted by atomic mass is 127. The van der Waals surface area contributed by atoms with Crippen molar-refractivity contribution in [1.82, 2.24) is 0 Å². The third-order valence-electron chi connectivity index (χ3n) is 14.4. The van der Waals surface area contributed by atoms with Gasteiger partial charge in [-0.15, -0.1) is 18.5 Å². The van der Waals surface area contributed by atoms with Gasteiger partial charge in [-0.3, -0.25) is 0 Å². The molecule has 0 aromatic heterocycles. The van der Waals surface area contributed by atoms with Gasteiger partial charge in [0.05, 0.1) is 0 Å². The fraction of sp³-hybridized carbons (Fsp3) is 0. The third kappa shape index (κ3) is 8.99. The van der Waals surface area contributed by atoms with Gasteiger partial charge in [-0.2, -0.15) is 0 Å². The van der Waals surface area contributed by atoms with Gasteiger partial charge in [0, 0.05) is 20.6 Å². The Bertz CT molecular complexity index is 4270. The molecule has 74 heavy (non-hydrogen) atoms. The van der Waals surface area contributed by atoms with Crippen LogP contribution in [0.15, 0.2) is 267 Å². The van der Waals surface area contributed by atoms with Crippen LogP contribution >= 0.6 is 41.1 Å². The van der Waals surface area contributed by atoms with Crippen molar-refractivity contribution in [2.75, 3.05) is 4.90 Å². The van der Waals surface area contributed by atoms with Gasteiger partial charge in [0.15, 0.2) is 0 Å². The average molecular weight is 1090 g/mol. The van der Waals surface area contributed by atoms with Gasteiger partial charge in [0.1, 0.15) is 0 Å². The first kappa shape index (κ1) is 46.1. The molecule has 0 saturated heterocycles. The minimum absolute atomic E-state index is 1.08. The van der Waals surface area contributed by atoms with Gasteiger partial charge in [-0.25, -0.2) is 0 Å². The van der Waals surface area contributed by atoms with Gasteiger partial charge >= 0.3 is 0 Å². The first-order valence-corrected chi connectivity index (χ1v) is 27.2. The molecule has 2 atom stereocenters. The number of fused-ring (bicyclic) bond motifs is 5. The summed E-state index contributed by atoms with van der Waals surface area (Å²) in [5.74, 6) is 0. The second-order valence-corrected chi connectivity index (χ2v) is 21.8. The summed E-state index contributed by atoms with van der Waals surface area (Å²) in [7, 11) is 5.91. The van der Waals surface area contributed by atoms with Gasteiger partial charge in [0.2, 0.25) is 0 Å². The lowest BCUT2D eigenvalue weighted by Gasteiger charge is -2.26. The first-order chi connectivity index (χ1) is 36.3. The lowest BCUT2D eigenvalue weighted by Crippen LogP contribution is -2.10. The Morgan fingerprint density at radius 2 is 0.662 bits per heavy atom. The maximum absolute atomic E-state index is 2.97. The molecule has 0 heterocycles. The predicted molar refractivity (Wildman–Crippen MR) is 335 cm³/mol. The van der Waals surface area contributed by atoms with Crippen LogP contribution in [0.4, 0.5) is 17.1 Å². The number of nitrogens with zero attached hydrogens (tertiary/aromatic N) is 1. The number of anilines is 3. The van der Waals surface area contributed by atoms with E-state index < -0.39 is 0 Å². The molecule has 2 unspecified atom stereocenters. The fourth-order valence-corrected chi connectivity index (χ4v) is 12.3. The molecule has 4 heteroatoms. The van der Waals surface area contributed by atoms with Crippen molar-refractivity contribution in [1.29, 1.82) is 0 Å². The molecule has 13 aromatic carbocycles. The second kappa shape index (κ2) is 19.6.